The summed E-state index contributed by atoms with van der Waals surface area (Å²) in [5.74, 6) is -0.178. The van der Waals surface area contributed by atoms with Crippen molar-refractivity contribution in [2.75, 3.05) is 19.8 Å². The fraction of sp³-hybridized carbons (Fsp3) is 0.890. The maximum Gasteiger partial charge on any atom is 0.305 e. The Morgan fingerprint density at radius 2 is 0.774 bits per heavy atom. The van der Waals surface area contributed by atoms with Gasteiger partial charge in [0.1, 0.15) is 24.4 Å². The first-order valence-corrected chi connectivity index (χ1v) is 36.3. The first kappa shape index (κ1) is 79.9. The summed E-state index contributed by atoms with van der Waals surface area (Å²) < 4.78 is 16.7. The number of aliphatic hydroxyl groups is 5. The summed E-state index contributed by atoms with van der Waals surface area (Å²) >= 11 is 0. The number of carbonyl (C=O) groups is 2. The molecule has 0 aromatic carbocycles. The normalized spacial score (nSPS) is 18.2. The van der Waals surface area contributed by atoms with Gasteiger partial charge in [0, 0.05) is 12.8 Å². The van der Waals surface area contributed by atoms with Gasteiger partial charge in [0.15, 0.2) is 6.29 Å². The van der Waals surface area contributed by atoms with Crippen molar-refractivity contribution in [2.24, 2.45) is 0 Å². The predicted octanol–water partition coefficient (Wildman–Crippen LogP) is 18.6. The fourth-order valence-electron chi connectivity index (χ4n) is 11.5. The van der Waals surface area contributed by atoms with Gasteiger partial charge in [-0.25, -0.2) is 0 Å². The lowest BCUT2D eigenvalue weighted by molar-refractivity contribution is -0.302. The molecule has 0 saturated carbocycles. The van der Waals surface area contributed by atoms with E-state index < -0.39 is 49.5 Å². The molecule has 0 aliphatic carbocycles. The van der Waals surface area contributed by atoms with Gasteiger partial charge in [0.05, 0.1) is 32.0 Å². The number of unbranched alkanes of at least 4 members (excludes halogenated alkanes) is 46. The second-order valence-electron chi connectivity index (χ2n) is 25.3. The molecule has 1 amide bonds. The Bertz CT molecular complexity index is 1490. The topological polar surface area (TPSA) is 175 Å². The smallest absolute Gasteiger partial charge is 0.305 e. The molecule has 0 aromatic heterocycles. The second kappa shape index (κ2) is 62.5. The molecule has 0 aromatic rings. The van der Waals surface area contributed by atoms with Crippen LogP contribution < -0.4 is 5.32 Å². The Hall–Kier alpha value is -2.12. The zero-order valence-corrected chi connectivity index (χ0v) is 54.9. The van der Waals surface area contributed by atoms with E-state index in [9.17, 15) is 35.1 Å². The predicted molar refractivity (Wildman–Crippen MR) is 352 cm³/mol. The quantitative estimate of drug-likeness (QED) is 0.0195. The zero-order valence-electron chi connectivity index (χ0n) is 54.9. The van der Waals surface area contributed by atoms with Crippen LogP contribution in [0.1, 0.15) is 354 Å². The van der Waals surface area contributed by atoms with E-state index in [1.54, 1.807) is 6.08 Å². The molecule has 1 aliphatic rings. The highest BCUT2D eigenvalue weighted by Gasteiger charge is 2.44. The molecule has 6 N–H and O–H groups in total. The van der Waals surface area contributed by atoms with Crippen LogP contribution in [0.2, 0.25) is 0 Å². The van der Waals surface area contributed by atoms with Crippen molar-refractivity contribution in [2.45, 2.75) is 397 Å². The second-order valence-corrected chi connectivity index (χ2v) is 25.3. The van der Waals surface area contributed by atoms with Crippen LogP contribution in [0.5, 0.6) is 0 Å². The number of hydrogen-bond acceptors (Lipinski definition) is 10. The standard InChI is InChI=1S/C73H137NO10/c1-3-5-7-9-11-13-15-36-40-43-47-51-55-59-66(76)65(64-83-73-72(81)71(80)70(79)67(63-75)84-73)74-68(77)60-56-52-48-44-41-37-34-32-30-28-26-24-22-20-18-16-17-19-21-23-25-27-29-31-33-35-38-42-46-50-54-58-62-82-69(78)61-57-53-49-45-39-14-12-10-8-6-4-2/h11,13,40,43,55,59,65-67,70-73,75-76,79-81H,3-10,12,14-39,41-42,44-54,56-58,60-64H2,1-2H3,(H,74,77)/b13-11+,43-40+,59-55+. The lowest BCUT2D eigenvalue weighted by Crippen LogP contribution is -2.60. The van der Waals surface area contributed by atoms with Crippen molar-refractivity contribution >= 4 is 11.9 Å². The summed E-state index contributed by atoms with van der Waals surface area (Å²) in [4.78, 5) is 25.1. The van der Waals surface area contributed by atoms with Crippen LogP contribution in [-0.4, -0.2) is 100 Å². The highest BCUT2D eigenvalue weighted by atomic mass is 16.7. The van der Waals surface area contributed by atoms with Crippen molar-refractivity contribution in [1.29, 1.82) is 0 Å². The van der Waals surface area contributed by atoms with Gasteiger partial charge in [0.25, 0.3) is 0 Å². The van der Waals surface area contributed by atoms with Gasteiger partial charge in [-0.3, -0.25) is 9.59 Å². The number of nitrogens with one attached hydrogen (secondary N) is 1. The molecule has 7 atom stereocenters. The number of aliphatic hydroxyl groups excluding tert-OH is 5. The third-order valence-electron chi connectivity index (χ3n) is 17.2. The van der Waals surface area contributed by atoms with Crippen molar-refractivity contribution in [3.8, 4) is 0 Å². The van der Waals surface area contributed by atoms with Crippen LogP contribution in [0, 0.1) is 0 Å². The molecular weight excluding hydrogens is 1050 g/mol. The molecule has 0 radical (unpaired) electrons. The van der Waals surface area contributed by atoms with E-state index in [-0.39, 0.29) is 18.5 Å². The molecule has 84 heavy (non-hydrogen) atoms. The molecule has 1 rings (SSSR count). The van der Waals surface area contributed by atoms with Gasteiger partial charge >= 0.3 is 5.97 Å². The number of ether oxygens (including phenoxy) is 3. The Morgan fingerprint density at radius 1 is 0.429 bits per heavy atom. The molecule has 1 saturated heterocycles. The number of rotatable bonds is 64. The Kier molecular flexibility index (Phi) is 59.4. The summed E-state index contributed by atoms with van der Waals surface area (Å²) in [5, 5.41) is 54.5. The van der Waals surface area contributed by atoms with Gasteiger partial charge in [-0.15, -0.1) is 0 Å². The van der Waals surface area contributed by atoms with Crippen LogP contribution in [-0.2, 0) is 23.8 Å². The van der Waals surface area contributed by atoms with Gasteiger partial charge in [0.2, 0.25) is 5.91 Å². The molecule has 1 fully saturated rings. The molecule has 11 heteroatoms. The van der Waals surface area contributed by atoms with Crippen molar-refractivity contribution in [3.05, 3.63) is 36.5 Å². The van der Waals surface area contributed by atoms with Gasteiger partial charge in [-0.05, 0) is 57.8 Å². The van der Waals surface area contributed by atoms with Gasteiger partial charge in [-0.2, -0.15) is 0 Å². The minimum Gasteiger partial charge on any atom is -0.466 e. The monoisotopic (exact) mass is 1190 g/mol. The van der Waals surface area contributed by atoms with Crippen LogP contribution in [0.4, 0.5) is 0 Å². The first-order valence-electron chi connectivity index (χ1n) is 36.3. The van der Waals surface area contributed by atoms with Crippen molar-refractivity contribution in [1.82, 2.24) is 5.32 Å². The number of allylic oxidation sites excluding steroid dienone is 5. The van der Waals surface area contributed by atoms with Gasteiger partial charge in [-0.1, -0.05) is 320 Å². The molecule has 494 valence electrons. The summed E-state index contributed by atoms with van der Waals surface area (Å²) in [7, 11) is 0. The average Bonchev–Trinajstić information content (AvgIpc) is 3.69. The van der Waals surface area contributed by atoms with E-state index in [1.807, 2.05) is 6.08 Å². The van der Waals surface area contributed by atoms with E-state index in [1.165, 1.54) is 263 Å². The molecule has 0 spiro atoms. The SMILES string of the molecule is CCCCC/C=C/CC/C=C/CC/C=C/C(O)C(COC1OC(CO)C(O)C(O)C1O)NC(=O)CCCCCCCCCCCCCCCCCCCCCCCCCCCCCCCCCCOC(=O)CCCCCCCCCCCCC. The highest BCUT2D eigenvalue weighted by Crippen LogP contribution is 2.23. The molecule has 0 bridgehead atoms. The highest BCUT2D eigenvalue weighted by molar-refractivity contribution is 5.76. The third-order valence-corrected chi connectivity index (χ3v) is 17.2. The van der Waals surface area contributed by atoms with Crippen molar-refractivity contribution < 1.29 is 49.3 Å². The summed E-state index contributed by atoms with van der Waals surface area (Å²) in [5.41, 5.74) is 0. The van der Waals surface area contributed by atoms with Crippen LogP contribution in [0.15, 0.2) is 36.5 Å². The van der Waals surface area contributed by atoms with Gasteiger partial charge < -0.3 is 45.1 Å². The number of esters is 1. The lowest BCUT2D eigenvalue weighted by atomic mass is 9.99. The maximum atomic E-state index is 13.1. The molecule has 11 nitrogen and oxygen atoms in total. The summed E-state index contributed by atoms with van der Waals surface area (Å²) in [6.07, 6.45) is 70.1. The summed E-state index contributed by atoms with van der Waals surface area (Å²) in [6.45, 7) is 4.33. The molecular formula is C73H137NO10. The first-order chi connectivity index (χ1) is 41.2. The Morgan fingerprint density at radius 3 is 1.18 bits per heavy atom. The average molecular weight is 1190 g/mol. The summed E-state index contributed by atoms with van der Waals surface area (Å²) in [6, 6.07) is -0.831. The Balaban J connectivity index is 1.95. The molecule has 1 heterocycles. The van der Waals surface area contributed by atoms with E-state index in [2.05, 4.69) is 43.5 Å². The minimum absolute atomic E-state index is 0.0133. The lowest BCUT2D eigenvalue weighted by Gasteiger charge is -2.40. The minimum atomic E-state index is -1.58. The number of amides is 1. The number of carbonyl (C=O) groups excluding carboxylic acids is 2. The molecule has 1 aliphatic heterocycles. The van der Waals surface area contributed by atoms with Crippen LogP contribution >= 0.6 is 0 Å². The van der Waals surface area contributed by atoms with E-state index in [0.717, 1.165) is 64.2 Å². The van der Waals surface area contributed by atoms with Crippen molar-refractivity contribution in [3.63, 3.8) is 0 Å². The third kappa shape index (κ3) is 50.8. The van der Waals surface area contributed by atoms with E-state index in [4.69, 9.17) is 14.2 Å². The molecule has 7 unspecified atom stereocenters. The zero-order chi connectivity index (χ0) is 60.9. The van der Waals surface area contributed by atoms with Crippen LogP contribution in [0.25, 0.3) is 0 Å². The number of hydrogen-bond donors (Lipinski definition) is 6. The maximum absolute atomic E-state index is 13.1. The van der Waals surface area contributed by atoms with E-state index in [0.29, 0.717) is 19.4 Å². The largest absolute Gasteiger partial charge is 0.466 e. The Labute approximate surface area is 517 Å². The van der Waals surface area contributed by atoms with Crippen LogP contribution in [0.3, 0.4) is 0 Å². The fourth-order valence-corrected chi connectivity index (χ4v) is 11.5. The van der Waals surface area contributed by atoms with E-state index >= 15 is 0 Å².